The van der Waals surface area contributed by atoms with Crippen LogP contribution in [0.4, 0.5) is 0 Å². The highest BCUT2D eigenvalue weighted by molar-refractivity contribution is 9.12. The Balaban J connectivity index is 2.10. The van der Waals surface area contributed by atoms with Crippen molar-refractivity contribution in [3.05, 3.63) is 26.6 Å². The van der Waals surface area contributed by atoms with Crippen molar-refractivity contribution in [1.29, 1.82) is 0 Å². The Morgan fingerprint density at radius 1 is 1.19 bits per heavy atom. The summed E-state index contributed by atoms with van der Waals surface area (Å²) in [6.45, 7) is 0. The van der Waals surface area contributed by atoms with Gasteiger partial charge in [0.05, 0.1) is 4.47 Å². The number of fused-ring (bicyclic) bond motifs is 3. The zero-order valence-corrected chi connectivity index (χ0v) is 14.4. The molecule has 2 aliphatic rings. The summed E-state index contributed by atoms with van der Waals surface area (Å²) in [6.07, 6.45) is 1.36. The van der Waals surface area contributed by atoms with E-state index < -0.39 is 0 Å². The minimum Gasteiger partial charge on any atom is -0.488 e. The third kappa shape index (κ3) is 1.73. The molecule has 1 aromatic carbocycles. The van der Waals surface area contributed by atoms with Gasteiger partial charge in [-0.1, -0.05) is 47.8 Å². The van der Waals surface area contributed by atoms with Crippen molar-refractivity contribution >= 4 is 63.7 Å². The summed E-state index contributed by atoms with van der Waals surface area (Å²) in [7, 11) is 0. The summed E-state index contributed by atoms with van der Waals surface area (Å²) < 4.78 is 8.17. The quantitative estimate of drug-likeness (QED) is 0.481. The van der Waals surface area contributed by atoms with E-state index in [0.29, 0.717) is 21.7 Å². The number of ether oxygens (including phenoxy) is 1. The van der Waals surface area contributed by atoms with Crippen molar-refractivity contribution < 1.29 is 4.74 Å². The van der Waals surface area contributed by atoms with Gasteiger partial charge >= 0.3 is 0 Å². The third-order valence-electron chi connectivity index (χ3n) is 3.21. The van der Waals surface area contributed by atoms with E-state index in [-0.39, 0.29) is 0 Å². The normalized spacial score (nSPS) is 35.8. The predicted molar refractivity (Wildman–Crippen MR) is 79.0 cm³/mol. The van der Waals surface area contributed by atoms with Crippen molar-refractivity contribution in [2.75, 3.05) is 0 Å². The van der Waals surface area contributed by atoms with E-state index >= 15 is 0 Å². The van der Waals surface area contributed by atoms with Crippen LogP contribution < -0.4 is 4.74 Å². The Morgan fingerprint density at radius 3 is 2.69 bits per heavy atom. The molecular formula is C11H8Br4O. The molecule has 1 heterocycles. The predicted octanol–water partition coefficient (Wildman–Crippen LogP) is 4.99. The molecular weight excluding hydrogens is 468 g/mol. The molecule has 1 saturated carbocycles. The number of halogens is 4. The monoisotopic (exact) mass is 472 g/mol. The van der Waals surface area contributed by atoms with Crippen LogP contribution in [0.5, 0.6) is 5.75 Å². The Hall–Kier alpha value is 0.940. The van der Waals surface area contributed by atoms with Gasteiger partial charge in [0.2, 0.25) is 0 Å². The Kier molecular flexibility index (Phi) is 3.19. The molecule has 16 heavy (non-hydrogen) atoms. The maximum Gasteiger partial charge on any atom is 0.137 e. The van der Waals surface area contributed by atoms with Crippen LogP contribution in [0.15, 0.2) is 21.1 Å². The first-order chi connectivity index (χ1) is 7.58. The molecule has 0 bridgehead atoms. The molecule has 2 unspecified atom stereocenters. The number of hydrogen-bond acceptors (Lipinski definition) is 1. The van der Waals surface area contributed by atoms with E-state index in [1.807, 2.05) is 6.07 Å². The summed E-state index contributed by atoms with van der Waals surface area (Å²) in [4.78, 5) is 0.938. The van der Waals surface area contributed by atoms with Gasteiger partial charge in [0.1, 0.15) is 11.9 Å². The largest absolute Gasteiger partial charge is 0.488 e. The topological polar surface area (TPSA) is 9.23 Å². The lowest BCUT2D eigenvalue weighted by Crippen LogP contribution is -2.15. The molecule has 1 aromatic rings. The second-order valence-electron chi connectivity index (χ2n) is 4.18. The van der Waals surface area contributed by atoms with Crippen molar-refractivity contribution in [1.82, 2.24) is 0 Å². The van der Waals surface area contributed by atoms with Gasteiger partial charge in [-0.25, -0.2) is 0 Å². The van der Waals surface area contributed by atoms with E-state index in [1.54, 1.807) is 0 Å². The second kappa shape index (κ2) is 4.25. The highest BCUT2D eigenvalue weighted by atomic mass is 79.9. The van der Waals surface area contributed by atoms with Crippen LogP contribution in [0, 0.1) is 0 Å². The van der Waals surface area contributed by atoms with E-state index in [1.165, 1.54) is 5.56 Å². The molecule has 0 radical (unpaired) electrons. The maximum absolute atomic E-state index is 6.03. The molecule has 1 nitrogen and oxygen atoms in total. The van der Waals surface area contributed by atoms with Crippen LogP contribution in [0.1, 0.15) is 17.9 Å². The zero-order valence-electron chi connectivity index (χ0n) is 8.09. The Morgan fingerprint density at radius 2 is 1.94 bits per heavy atom. The third-order valence-corrected chi connectivity index (χ3v) is 7.12. The van der Waals surface area contributed by atoms with Gasteiger partial charge in [0.15, 0.2) is 0 Å². The average Bonchev–Trinajstić information content (AvgIpc) is 2.67. The van der Waals surface area contributed by atoms with E-state index in [9.17, 15) is 0 Å². The maximum atomic E-state index is 6.03. The molecule has 5 heteroatoms. The van der Waals surface area contributed by atoms with E-state index in [0.717, 1.165) is 21.1 Å². The Bertz CT molecular complexity index is 448. The molecule has 1 fully saturated rings. The van der Waals surface area contributed by atoms with Gasteiger partial charge in [-0.15, -0.1) is 0 Å². The van der Waals surface area contributed by atoms with Crippen LogP contribution in [-0.4, -0.2) is 15.8 Å². The molecule has 0 aromatic heterocycles. The molecule has 1 aliphatic carbocycles. The van der Waals surface area contributed by atoms with Crippen molar-refractivity contribution in [2.45, 2.75) is 28.1 Å². The number of benzene rings is 1. The smallest absolute Gasteiger partial charge is 0.137 e. The van der Waals surface area contributed by atoms with Gasteiger partial charge in [-0.05, 0) is 34.5 Å². The molecule has 0 spiro atoms. The van der Waals surface area contributed by atoms with Gasteiger partial charge in [-0.3, -0.25) is 0 Å². The highest BCUT2D eigenvalue weighted by Gasteiger charge is 2.48. The molecule has 0 amide bonds. The summed E-state index contributed by atoms with van der Waals surface area (Å²) >= 11 is 14.6. The highest BCUT2D eigenvalue weighted by Crippen LogP contribution is 2.54. The second-order valence-corrected chi connectivity index (χ2v) is 8.19. The van der Waals surface area contributed by atoms with Crippen molar-refractivity contribution in [3.63, 3.8) is 0 Å². The summed E-state index contributed by atoms with van der Waals surface area (Å²) in [6, 6.07) is 4.21. The molecule has 4 atom stereocenters. The number of alkyl halides is 2. The van der Waals surface area contributed by atoms with Crippen LogP contribution in [0.25, 0.3) is 0 Å². The number of hydrogen-bond donors (Lipinski definition) is 0. The van der Waals surface area contributed by atoms with E-state index in [2.05, 4.69) is 69.8 Å². The van der Waals surface area contributed by atoms with Gasteiger partial charge in [-0.2, -0.15) is 0 Å². The summed E-state index contributed by atoms with van der Waals surface area (Å²) in [5.41, 5.74) is 1.30. The lowest BCUT2D eigenvalue weighted by atomic mass is 9.98. The Labute approximate surface area is 128 Å². The van der Waals surface area contributed by atoms with Crippen molar-refractivity contribution in [3.8, 4) is 5.75 Å². The standard InChI is InChI=1S/C11H8Br4O/c12-4-1-5-9-8(3-6(13)10(9)15)16-11(5)7(14)2-4/h1-2,6,8-10H,3H2/t6?,8-,9-,10?/m0/s1. The van der Waals surface area contributed by atoms with Crippen LogP contribution >= 0.6 is 63.7 Å². The molecule has 0 N–H and O–H groups in total. The lowest BCUT2D eigenvalue weighted by Gasteiger charge is -2.13. The van der Waals surface area contributed by atoms with Gasteiger partial charge in [0, 0.05) is 25.6 Å². The minimum atomic E-state index is 0.300. The molecule has 0 saturated heterocycles. The lowest BCUT2D eigenvalue weighted by molar-refractivity contribution is 0.225. The average molecular weight is 476 g/mol. The fourth-order valence-corrected chi connectivity index (χ4v) is 5.42. The number of rotatable bonds is 0. The molecule has 1 aliphatic heterocycles. The minimum absolute atomic E-state index is 0.300. The molecule has 86 valence electrons. The zero-order chi connectivity index (χ0) is 11.4. The van der Waals surface area contributed by atoms with Crippen LogP contribution in [0.3, 0.4) is 0 Å². The van der Waals surface area contributed by atoms with Crippen molar-refractivity contribution in [2.24, 2.45) is 0 Å². The first kappa shape index (κ1) is 12.0. The van der Waals surface area contributed by atoms with Gasteiger partial charge < -0.3 is 4.74 Å². The van der Waals surface area contributed by atoms with Crippen LogP contribution in [0.2, 0.25) is 0 Å². The van der Waals surface area contributed by atoms with Crippen LogP contribution in [-0.2, 0) is 0 Å². The van der Waals surface area contributed by atoms with E-state index in [4.69, 9.17) is 4.74 Å². The first-order valence-corrected chi connectivity index (χ1v) is 8.43. The SMILES string of the molecule is Brc1cc(Br)c2c(c1)[C@@H]1C(Br)C(Br)C[C@@H]1O2. The summed E-state index contributed by atoms with van der Waals surface area (Å²) in [5, 5.41) is 0. The fourth-order valence-electron chi connectivity index (χ4n) is 2.53. The molecule has 3 rings (SSSR count). The van der Waals surface area contributed by atoms with Gasteiger partial charge in [0.25, 0.3) is 0 Å². The first-order valence-electron chi connectivity index (χ1n) is 5.01. The summed E-state index contributed by atoms with van der Waals surface area (Å²) in [5.74, 6) is 1.47. The fraction of sp³-hybridized carbons (Fsp3) is 0.455.